The number of hydrogen-bond acceptors (Lipinski definition) is 5. The highest BCUT2D eigenvalue weighted by atomic mass is 35.5. The molecule has 1 N–H and O–H groups in total. The van der Waals surface area contributed by atoms with Crippen LogP contribution in [0.15, 0.2) is 30.3 Å². The molecule has 4 rings (SSSR count). The topological polar surface area (TPSA) is 81.1 Å². The SMILES string of the molecule is Cc1nn(-c2ccccc2Cl)c2sc(C(=O)NC3CCS(=O)(=O)C3)cc12. The predicted octanol–water partition coefficient (Wildman–Crippen LogP) is 2.97. The van der Waals surface area contributed by atoms with Crippen LogP contribution in [0.5, 0.6) is 0 Å². The summed E-state index contributed by atoms with van der Waals surface area (Å²) in [7, 11) is -3.03. The van der Waals surface area contributed by atoms with Crippen LogP contribution in [-0.4, -0.2) is 41.7 Å². The van der Waals surface area contributed by atoms with Crippen molar-refractivity contribution in [1.82, 2.24) is 15.1 Å². The first kappa shape index (κ1) is 17.5. The lowest BCUT2D eigenvalue weighted by Gasteiger charge is -2.09. The smallest absolute Gasteiger partial charge is 0.261 e. The average Bonchev–Trinajstić information content (AvgIpc) is 3.23. The van der Waals surface area contributed by atoms with Gasteiger partial charge in [-0.05, 0) is 31.5 Å². The lowest BCUT2D eigenvalue weighted by atomic mass is 10.2. The molecule has 1 saturated heterocycles. The molecule has 2 aromatic heterocycles. The van der Waals surface area contributed by atoms with E-state index in [1.54, 1.807) is 16.8 Å². The zero-order valence-corrected chi connectivity index (χ0v) is 16.3. The Hall–Kier alpha value is -1.90. The predicted molar refractivity (Wildman–Crippen MR) is 103 cm³/mol. The van der Waals surface area contributed by atoms with Crippen LogP contribution in [0, 0.1) is 6.92 Å². The molecule has 0 bridgehead atoms. The second-order valence-corrected chi connectivity index (χ2v) is 10.0. The Bertz CT molecular complexity index is 1120. The van der Waals surface area contributed by atoms with Crippen molar-refractivity contribution in [1.29, 1.82) is 0 Å². The number of carbonyl (C=O) groups is 1. The molecule has 9 heteroatoms. The number of fused-ring (bicyclic) bond motifs is 1. The van der Waals surface area contributed by atoms with Crippen LogP contribution in [0.4, 0.5) is 0 Å². The lowest BCUT2D eigenvalue weighted by Crippen LogP contribution is -2.35. The van der Waals surface area contributed by atoms with Gasteiger partial charge in [-0.15, -0.1) is 11.3 Å². The Balaban J connectivity index is 1.67. The van der Waals surface area contributed by atoms with Crippen LogP contribution in [0.25, 0.3) is 15.9 Å². The van der Waals surface area contributed by atoms with Crippen molar-refractivity contribution in [3.8, 4) is 5.69 Å². The van der Waals surface area contributed by atoms with E-state index in [0.717, 1.165) is 21.6 Å². The Labute approximate surface area is 159 Å². The highest BCUT2D eigenvalue weighted by molar-refractivity contribution is 7.91. The van der Waals surface area contributed by atoms with E-state index >= 15 is 0 Å². The molecule has 0 aliphatic carbocycles. The fourth-order valence-electron chi connectivity index (χ4n) is 3.11. The summed E-state index contributed by atoms with van der Waals surface area (Å²) in [6.07, 6.45) is 0.464. The summed E-state index contributed by atoms with van der Waals surface area (Å²) < 4.78 is 24.9. The van der Waals surface area contributed by atoms with Crippen molar-refractivity contribution in [2.24, 2.45) is 0 Å². The number of carbonyl (C=O) groups excluding carboxylic acids is 1. The van der Waals surface area contributed by atoms with Gasteiger partial charge in [-0.1, -0.05) is 23.7 Å². The minimum atomic E-state index is -3.03. The molecule has 0 radical (unpaired) electrons. The quantitative estimate of drug-likeness (QED) is 0.721. The molecular weight excluding hydrogens is 394 g/mol. The first-order chi connectivity index (χ1) is 12.3. The average molecular weight is 410 g/mol. The number of benzene rings is 1. The molecule has 1 aliphatic rings. The summed E-state index contributed by atoms with van der Waals surface area (Å²) in [4.78, 5) is 13.9. The molecule has 1 amide bonds. The molecule has 3 heterocycles. The normalized spacial score (nSPS) is 19.1. The number of rotatable bonds is 3. The molecule has 6 nitrogen and oxygen atoms in total. The van der Waals surface area contributed by atoms with Crippen LogP contribution in [0.3, 0.4) is 0 Å². The van der Waals surface area contributed by atoms with Gasteiger partial charge in [0.05, 0.1) is 32.8 Å². The fourth-order valence-corrected chi connectivity index (χ4v) is 6.08. The van der Waals surface area contributed by atoms with E-state index in [2.05, 4.69) is 10.4 Å². The second-order valence-electron chi connectivity index (χ2n) is 6.35. The maximum Gasteiger partial charge on any atom is 0.261 e. The van der Waals surface area contributed by atoms with Gasteiger partial charge in [-0.2, -0.15) is 5.10 Å². The first-order valence-electron chi connectivity index (χ1n) is 8.09. The number of nitrogens with one attached hydrogen (secondary N) is 1. The van der Waals surface area contributed by atoms with E-state index in [1.807, 2.05) is 25.1 Å². The maximum absolute atomic E-state index is 12.6. The molecule has 136 valence electrons. The third kappa shape index (κ3) is 3.13. The Morgan fingerprint density at radius 1 is 1.38 bits per heavy atom. The number of thiophene rings is 1. The summed E-state index contributed by atoms with van der Waals surface area (Å²) in [5.41, 5.74) is 1.56. The van der Waals surface area contributed by atoms with Gasteiger partial charge in [0.15, 0.2) is 9.84 Å². The van der Waals surface area contributed by atoms with Gasteiger partial charge in [0, 0.05) is 11.4 Å². The number of nitrogens with zero attached hydrogens (tertiary/aromatic N) is 2. The molecule has 1 unspecified atom stereocenters. The third-order valence-corrected chi connectivity index (χ3v) is 7.61. The largest absolute Gasteiger partial charge is 0.348 e. The standard InChI is InChI=1S/C17H16ClN3O3S2/c1-10-12-8-15(16(22)19-11-6-7-26(23,24)9-11)25-17(12)21(20-10)14-5-3-2-4-13(14)18/h2-5,8,11H,6-7,9H2,1H3,(H,19,22). The Morgan fingerprint density at radius 2 is 2.15 bits per heavy atom. The highest BCUT2D eigenvalue weighted by Crippen LogP contribution is 2.32. The van der Waals surface area contributed by atoms with Gasteiger partial charge < -0.3 is 5.32 Å². The Morgan fingerprint density at radius 3 is 2.85 bits per heavy atom. The molecule has 1 fully saturated rings. The van der Waals surface area contributed by atoms with Crippen LogP contribution in [0.1, 0.15) is 21.8 Å². The molecule has 1 aromatic carbocycles. The molecule has 1 aliphatic heterocycles. The minimum absolute atomic E-state index is 0.00998. The zero-order valence-electron chi connectivity index (χ0n) is 13.9. The Kier molecular flexibility index (Phi) is 4.29. The van der Waals surface area contributed by atoms with Gasteiger partial charge in [-0.25, -0.2) is 13.1 Å². The number of halogens is 1. The number of amides is 1. The van der Waals surface area contributed by atoms with E-state index in [-0.39, 0.29) is 23.5 Å². The van der Waals surface area contributed by atoms with Crippen molar-refractivity contribution in [2.75, 3.05) is 11.5 Å². The number of aromatic nitrogens is 2. The molecule has 26 heavy (non-hydrogen) atoms. The van der Waals surface area contributed by atoms with Crippen molar-refractivity contribution in [2.45, 2.75) is 19.4 Å². The fraction of sp³-hybridized carbons (Fsp3) is 0.294. The molecule has 3 aromatic rings. The highest BCUT2D eigenvalue weighted by Gasteiger charge is 2.29. The number of hydrogen-bond donors (Lipinski definition) is 1. The van der Waals surface area contributed by atoms with Crippen molar-refractivity contribution >= 4 is 48.9 Å². The van der Waals surface area contributed by atoms with Crippen molar-refractivity contribution in [3.05, 3.63) is 45.9 Å². The second kappa shape index (κ2) is 6.37. The third-order valence-electron chi connectivity index (χ3n) is 4.42. The zero-order chi connectivity index (χ0) is 18.5. The summed E-state index contributed by atoms with van der Waals surface area (Å²) in [6, 6.07) is 8.88. The molecular formula is C17H16ClN3O3S2. The van der Waals surface area contributed by atoms with E-state index in [1.165, 1.54) is 11.3 Å². The van der Waals surface area contributed by atoms with Crippen LogP contribution in [-0.2, 0) is 9.84 Å². The molecule has 0 spiro atoms. The summed E-state index contributed by atoms with van der Waals surface area (Å²) >= 11 is 7.61. The van der Waals surface area contributed by atoms with Crippen LogP contribution in [0.2, 0.25) is 5.02 Å². The van der Waals surface area contributed by atoms with Gasteiger partial charge in [-0.3, -0.25) is 4.79 Å². The van der Waals surface area contributed by atoms with E-state index < -0.39 is 9.84 Å². The first-order valence-corrected chi connectivity index (χ1v) is 11.1. The van der Waals surface area contributed by atoms with E-state index in [9.17, 15) is 13.2 Å². The summed E-state index contributed by atoms with van der Waals surface area (Å²) in [6.45, 7) is 1.88. The number of sulfone groups is 1. The lowest BCUT2D eigenvalue weighted by molar-refractivity contribution is 0.0945. The monoisotopic (exact) mass is 409 g/mol. The minimum Gasteiger partial charge on any atom is -0.348 e. The molecule has 0 saturated carbocycles. The van der Waals surface area contributed by atoms with Gasteiger partial charge in [0.1, 0.15) is 4.83 Å². The number of aryl methyl sites for hydroxylation is 1. The van der Waals surface area contributed by atoms with Crippen LogP contribution < -0.4 is 5.32 Å². The summed E-state index contributed by atoms with van der Waals surface area (Å²) in [5, 5.41) is 8.83. The van der Waals surface area contributed by atoms with Gasteiger partial charge >= 0.3 is 0 Å². The summed E-state index contributed by atoms with van der Waals surface area (Å²) in [5.74, 6) is -0.112. The van der Waals surface area contributed by atoms with Crippen molar-refractivity contribution < 1.29 is 13.2 Å². The van der Waals surface area contributed by atoms with Gasteiger partial charge in [0.25, 0.3) is 5.91 Å². The van der Waals surface area contributed by atoms with Gasteiger partial charge in [0.2, 0.25) is 0 Å². The van der Waals surface area contributed by atoms with E-state index in [4.69, 9.17) is 11.6 Å². The number of para-hydroxylation sites is 1. The van der Waals surface area contributed by atoms with Crippen molar-refractivity contribution in [3.63, 3.8) is 0 Å². The van der Waals surface area contributed by atoms with Crippen LogP contribution >= 0.6 is 22.9 Å². The maximum atomic E-state index is 12.6. The molecule has 1 atom stereocenters. The van der Waals surface area contributed by atoms with E-state index in [0.29, 0.717) is 16.3 Å².